The zero-order valence-corrected chi connectivity index (χ0v) is 20.9. The standard InChI is InChI=1S/C21H15Cl2NO3S.2C2H6/c22-14-5-1-12(2-6-14)18-17(19(25)26)16(11-28-18)24-20(27)21(9-10-21)13-3-7-15(23)8-4-13;2*1-2/h1-8,11H,9-10H2,(H,24,27)(H,25,26);2*1-2H3. The molecule has 1 aliphatic carbocycles. The van der Waals surface area contributed by atoms with E-state index in [0.29, 0.717) is 20.6 Å². The summed E-state index contributed by atoms with van der Waals surface area (Å²) in [5.41, 5.74) is 1.41. The largest absolute Gasteiger partial charge is 0.478 e. The van der Waals surface area contributed by atoms with Gasteiger partial charge in [0.25, 0.3) is 0 Å². The molecule has 0 saturated heterocycles. The number of carboxylic acids is 1. The molecule has 1 amide bonds. The quantitative estimate of drug-likeness (QED) is 0.378. The van der Waals surface area contributed by atoms with Gasteiger partial charge in [0.15, 0.2) is 0 Å². The van der Waals surface area contributed by atoms with E-state index >= 15 is 0 Å². The minimum absolute atomic E-state index is 0.0904. The van der Waals surface area contributed by atoms with Crippen LogP contribution in [0.25, 0.3) is 10.4 Å². The summed E-state index contributed by atoms with van der Waals surface area (Å²) in [5, 5.41) is 15.4. The zero-order valence-electron chi connectivity index (χ0n) is 18.5. The highest BCUT2D eigenvalue weighted by atomic mass is 35.5. The molecular formula is C25H27Cl2NO3S. The van der Waals surface area contributed by atoms with Gasteiger partial charge in [0.1, 0.15) is 5.56 Å². The Balaban J connectivity index is 0.000000860. The smallest absolute Gasteiger partial charge is 0.339 e. The number of thiophene rings is 1. The number of nitrogens with one attached hydrogen (secondary N) is 1. The second kappa shape index (κ2) is 11.5. The van der Waals surface area contributed by atoms with Crippen LogP contribution < -0.4 is 5.32 Å². The van der Waals surface area contributed by atoms with Gasteiger partial charge in [0, 0.05) is 15.4 Å². The Bertz CT molecular complexity index is 1060. The molecular weight excluding hydrogens is 465 g/mol. The molecule has 2 N–H and O–H groups in total. The maximum Gasteiger partial charge on any atom is 0.339 e. The number of amides is 1. The fourth-order valence-corrected chi connectivity index (χ4v) is 4.51. The summed E-state index contributed by atoms with van der Waals surface area (Å²) in [7, 11) is 0. The Morgan fingerprint density at radius 1 is 0.906 bits per heavy atom. The summed E-state index contributed by atoms with van der Waals surface area (Å²) in [6, 6.07) is 14.2. The number of carboxylic acid groups (broad SMARTS) is 1. The molecule has 2 aromatic carbocycles. The first-order valence-corrected chi connectivity index (χ1v) is 12.2. The number of aromatic carboxylic acids is 1. The van der Waals surface area contributed by atoms with Gasteiger partial charge < -0.3 is 10.4 Å². The van der Waals surface area contributed by atoms with Crippen molar-refractivity contribution in [3.63, 3.8) is 0 Å². The van der Waals surface area contributed by atoms with Crippen LogP contribution in [0, 0.1) is 0 Å². The molecule has 0 spiro atoms. The summed E-state index contributed by atoms with van der Waals surface area (Å²) in [6.07, 6.45) is 1.44. The van der Waals surface area contributed by atoms with Gasteiger partial charge in [-0.2, -0.15) is 0 Å². The summed E-state index contributed by atoms with van der Waals surface area (Å²) in [4.78, 5) is 25.5. The minimum atomic E-state index is -1.09. The number of halogens is 2. The third-order valence-electron chi connectivity index (χ3n) is 4.94. The van der Waals surface area contributed by atoms with E-state index in [4.69, 9.17) is 23.2 Å². The van der Waals surface area contributed by atoms with Gasteiger partial charge in [0.05, 0.1) is 16.0 Å². The first-order chi connectivity index (χ1) is 15.4. The third kappa shape index (κ3) is 5.52. The molecule has 3 aromatic rings. The highest BCUT2D eigenvalue weighted by molar-refractivity contribution is 7.14. The number of carbonyl (C=O) groups excluding carboxylic acids is 1. The van der Waals surface area contributed by atoms with Gasteiger partial charge in [-0.15, -0.1) is 11.3 Å². The topological polar surface area (TPSA) is 66.4 Å². The van der Waals surface area contributed by atoms with Crippen molar-refractivity contribution in [1.82, 2.24) is 0 Å². The average molecular weight is 492 g/mol. The van der Waals surface area contributed by atoms with E-state index < -0.39 is 11.4 Å². The molecule has 0 bridgehead atoms. The van der Waals surface area contributed by atoms with Gasteiger partial charge >= 0.3 is 5.97 Å². The predicted octanol–water partition coefficient (Wildman–Crippen LogP) is 8.14. The Hall–Kier alpha value is -2.34. The van der Waals surface area contributed by atoms with Crippen LogP contribution in [-0.2, 0) is 10.2 Å². The lowest BCUT2D eigenvalue weighted by Gasteiger charge is -2.16. The van der Waals surface area contributed by atoms with Crippen LogP contribution in [0.5, 0.6) is 0 Å². The monoisotopic (exact) mass is 491 g/mol. The predicted molar refractivity (Wildman–Crippen MR) is 135 cm³/mol. The van der Waals surface area contributed by atoms with E-state index in [1.807, 2.05) is 39.8 Å². The van der Waals surface area contributed by atoms with E-state index in [0.717, 1.165) is 24.0 Å². The first kappa shape index (κ1) is 25.9. The van der Waals surface area contributed by atoms with Crippen molar-refractivity contribution in [3.05, 3.63) is 75.1 Å². The number of hydrogen-bond donors (Lipinski definition) is 2. The lowest BCUT2D eigenvalue weighted by Crippen LogP contribution is -2.28. The van der Waals surface area contributed by atoms with Gasteiger partial charge in [0.2, 0.25) is 5.91 Å². The molecule has 1 fully saturated rings. The van der Waals surface area contributed by atoms with E-state index in [9.17, 15) is 14.7 Å². The third-order valence-corrected chi connectivity index (χ3v) is 6.47. The van der Waals surface area contributed by atoms with Gasteiger partial charge in [-0.1, -0.05) is 75.2 Å². The Labute approximate surface area is 203 Å². The maximum atomic E-state index is 13.0. The number of hydrogen-bond acceptors (Lipinski definition) is 3. The molecule has 1 aromatic heterocycles. The summed E-state index contributed by atoms with van der Waals surface area (Å²) >= 11 is 13.1. The number of anilines is 1. The molecule has 1 aliphatic rings. The van der Waals surface area contributed by atoms with Gasteiger partial charge in [-0.3, -0.25) is 4.79 Å². The fraction of sp³-hybridized carbons (Fsp3) is 0.280. The highest BCUT2D eigenvalue weighted by Gasteiger charge is 2.51. The number of rotatable bonds is 5. The minimum Gasteiger partial charge on any atom is -0.478 e. The molecule has 1 saturated carbocycles. The van der Waals surface area contributed by atoms with Gasteiger partial charge in [-0.25, -0.2) is 4.79 Å². The number of carbonyl (C=O) groups is 2. The molecule has 7 heteroatoms. The normalized spacial score (nSPS) is 13.1. The van der Waals surface area contributed by atoms with Crippen LogP contribution in [0.3, 0.4) is 0 Å². The molecule has 4 nitrogen and oxygen atoms in total. The SMILES string of the molecule is CC.CC.O=C(O)c1c(NC(=O)C2(c3ccc(Cl)cc3)CC2)csc1-c1ccc(Cl)cc1. The number of benzene rings is 2. The molecule has 0 aliphatic heterocycles. The van der Waals surface area contributed by atoms with Crippen molar-refractivity contribution in [3.8, 4) is 10.4 Å². The zero-order chi connectivity index (χ0) is 23.9. The second-order valence-corrected chi connectivity index (χ2v) is 8.46. The van der Waals surface area contributed by atoms with Crippen molar-refractivity contribution >= 4 is 52.1 Å². The molecule has 1 heterocycles. The maximum absolute atomic E-state index is 13.0. The van der Waals surface area contributed by atoms with Gasteiger partial charge in [-0.05, 0) is 48.2 Å². The molecule has 0 radical (unpaired) electrons. The van der Waals surface area contributed by atoms with Crippen LogP contribution in [0.2, 0.25) is 10.0 Å². The molecule has 32 heavy (non-hydrogen) atoms. The summed E-state index contributed by atoms with van der Waals surface area (Å²) < 4.78 is 0. The Morgan fingerprint density at radius 3 is 1.88 bits per heavy atom. The van der Waals surface area contributed by atoms with Crippen molar-refractivity contribution in [2.24, 2.45) is 0 Å². The van der Waals surface area contributed by atoms with E-state index in [2.05, 4.69) is 5.32 Å². The fourth-order valence-electron chi connectivity index (χ4n) is 3.26. The van der Waals surface area contributed by atoms with Crippen molar-refractivity contribution in [2.75, 3.05) is 5.32 Å². The van der Waals surface area contributed by atoms with E-state index in [-0.39, 0.29) is 11.5 Å². The van der Waals surface area contributed by atoms with Crippen molar-refractivity contribution < 1.29 is 14.7 Å². The summed E-state index contributed by atoms with van der Waals surface area (Å²) in [5.74, 6) is -1.28. The Morgan fingerprint density at radius 2 is 1.41 bits per heavy atom. The van der Waals surface area contributed by atoms with Crippen molar-refractivity contribution in [1.29, 1.82) is 0 Å². The lowest BCUT2D eigenvalue weighted by atomic mass is 9.95. The summed E-state index contributed by atoms with van der Waals surface area (Å²) in [6.45, 7) is 8.00. The molecule has 4 rings (SSSR count). The van der Waals surface area contributed by atoms with E-state index in [1.165, 1.54) is 11.3 Å². The first-order valence-electron chi connectivity index (χ1n) is 10.6. The Kier molecular flexibility index (Phi) is 9.32. The van der Waals surface area contributed by atoms with Crippen LogP contribution in [0.4, 0.5) is 5.69 Å². The highest BCUT2D eigenvalue weighted by Crippen LogP contribution is 2.49. The second-order valence-electron chi connectivity index (χ2n) is 6.71. The van der Waals surface area contributed by atoms with Crippen molar-refractivity contribution in [2.45, 2.75) is 46.0 Å². The molecule has 0 atom stereocenters. The molecule has 0 unspecified atom stereocenters. The molecule has 170 valence electrons. The lowest BCUT2D eigenvalue weighted by molar-refractivity contribution is -0.118. The average Bonchev–Trinajstić information content (AvgIpc) is 3.52. The van der Waals surface area contributed by atoms with E-state index in [1.54, 1.807) is 41.8 Å². The van der Waals surface area contributed by atoms with Crippen LogP contribution in [-0.4, -0.2) is 17.0 Å². The van der Waals surface area contributed by atoms with Crippen LogP contribution in [0.15, 0.2) is 53.9 Å². The van der Waals surface area contributed by atoms with Crippen LogP contribution in [0.1, 0.15) is 56.5 Å². The van der Waals surface area contributed by atoms with Crippen LogP contribution >= 0.6 is 34.5 Å².